The second-order valence-electron chi connectivity index (χ2n) is 5.75. The molecule has 0 spiro atoms. The highest BCUT2D eigenvalue weighted by Gasteiger charge is 2.43. The largest absolute Gasteiger partial charge is 0.454 e. The van der Waals surface area contributed by atoms with Gasteiger partial charge in [-0.25, -0.2) is 4.79 Å². The van der Waals surface area contributed by atoms with Crippen molar-refractivity contribution in [2.75, 3.05) is 6.61 Å². The standard InChI is InChI=1S/C16H18N2O5/c1-9(2)7-12(16(22)23-8-13(17)19)18-14(20)10-5-3-4-6-11(10)15(18)21/h3-6,9,12H,7-8H2,1-2H3,(H2,17,19)/t12-/m1/s1. The van der Waals surface area contributed by atoms with Crippen molar-refractivity contribution in [2.24, 2.45) is 11.7 Å². The molecule has 1 atom stereocenters. The summed E-state index contributed by atoms with van der Waals surface area (Å²) >= 11 is 0. The molecule has 23 heavy (non-hydrogen) atoms. The summed E-state index contributed by atoms with van der Waals surface area (Å²) in [6, 6.07) is 5.29. The lowest BCUT2D eigenvalue weighted by molar-refractivity contribution is -0.152. The third kappa shape index (κ3) is 3.39. The van der Waals surface area contributed by atoms with Crippen LogP contribution in [0.5, 0.6) is 0 Å². The first kappa shape index (κ1) is 16.7. The maximum absolute atomic E-state index is 12.5. The van der Waals surface area contributed by atoms with Crippen LogP contribution in [0.3, 0.4) is 0 Å². The molecule has 0 bridgehead atoms. The van der Waals surface area contributed by atoms with E-state index in [1.165, 1.54) is 12.1 Å². The van der Waals surface area contributed by atoms with Crippen LogP contribution in [0, 0.1) is 5.92 Å². The second-order valence-corrected chi connectivity index (χ2v) is 5.75. The summed E-state index contributed by atoms with van der Waals surface area (Å²) in [6.45, 7) is 3.12. The zero-order valence-electron chi connectivity index (χ0n) is 12.9. The van der Waals surface area contributed by atoms with Gasteiger partial charge in [-0.05, 0) is 24.5 Å². The number of benzene rings is 1. The van der Waals surface area contributed by atoms with E-state index in [9.17, 15) is 19.2 Å². The third-order valence-electron chi connectivity index (χ3n) is 3.46. The van der Waals surface area contributed by atoms with Crippen LogP contribution in [0.15, 0.2) is 24.3 Å². The molecule has 7 heteroatoms. The molecule has 0 aliphatic carbocycles. The number of hydrogen-bond donors (Lipinski definition) is 1. The highest BCUT2D eigenvalue weighted by molar-refractivity contribution is 6.22. The zero-order valence-corrected chi connectivity index (χ0v) is 12.9. The number of carbonyl (C=O) groups excluding carboxylic acids is 4. The van der Waals surface area contributed by atoms with Gasteiger partial charge in [0.15, 0.2) is 6.61 Å². The van der Waals surface area contributed by atoms with E-state index in [1.54, 1.807) is 12.1 Å². The van der Waals surface area contributed by atoms with E-state index in [0.717, 1.165) is 4.90 Å². The zero-order chi connectivity index (χ0) is 17.1. The molecular formula is C16H18N2O5. The molecule has 1 heterocycles. The van der Waals surface area contributed by atoms with Crippen molar-refractivity contribution >= 4 is 23.7 Å². The molecule has 1 aliphatic rings. The van der Waals surface area contributed by atoms with E-state index in [4.69, 9.17) is 10.5 Å². The van der Waals surface area contributed by atoms with E-state index in [2.05, 4.69) is 0 Å². The topological polar surface area (TPSA) is 107 Å². The number of nitrogens with zero attached hydrogens (tertiary/aromatic N) is 1. The van der Waals surface area contributed by atoms with E-state index in [-0.39, 0.29) is 23.5 Å². The minimum Gasteiger partial charge on any atom is -0.454 e. The van der Waals surface area contributed by atoms with Gasteiger partial charge >= 0.3 is 5.97 Å². The number of nitrogens with two attached hydrogens (primary N) is 1. The first-order valence-electron chi connectivity index (χ1n) is 7.24. The average molecular weight is 318 g/mol. The molecule has 1 aliphatic heterocycles. The molecule has 0 unspecified atom stereocenters. The van der Waals surface area contributed by atoms with Gasteiger partial charge in [-0.15, -0.1) is 0 Å². The second kappa shape index (κ2) is 6.60. The van der Waals surface area contributed by atoms with Crippen molar-refractivity contribution in [3.05, 3.63) is 35.4 Å². The van der Waals surface area contributed by atoms with Crippen LogP contribution >= 0.6 is 0 Å². The van der Waals surface area contributed by atoms with E-state index in [1.807, 2.05) is 13.8 Å². The first-order chi connectivity index (χ1) is 10.8. The number of carbonyl (C=O) groups is 4. The van der Waals surface area contributed by atoms with Gasteiger partial charge in [0, 0.05) is 0 Å². The Morgan fingerprint density at radius 3 is 2.09 bits per heavy atom. The van der Waals surface area contributed by atoms with Crippen LogP contribution in [-0.4, -0.2) is 41.2 Å². The predicted octanol–water partition coefficient (Wildman–Crippen LogP) is 0.726. The number of primary amides is 1. The summed E-state index contributed by atoms with van der Waals surface area (Å²) in [7, 11) is 0. The molecule has 1 aromatic rings. The quantitative estimate of drug-likeness (QED) is 0.614. The summed E-state index contributed by atoms with van der Waals surface area (Å²) in [4.78, 5) is 48.9. The summed E-state index contributed by atoms with van der Waals surface area (Å²) < 4.78 is 4.81. The smallest absolute Gasteiger partial charge is 0.329 e. The van der Waals surface area contributed by atoms with Crippen LogP contribution in [0.4, 0.5) is 0 Å². The van der Waals surface area contributed by atoms with Crippen LogP contribution in [0.2, 0.25) is 0 Å². The molecule has 3 amide bonds. The molecule has 0 saturated carbocycles. The molecule has 0 radical (unpaired) electrons. The normalized spacial score (nSPS) is 14.8. The lowest BCUT2D eigenvalue weighted by atomic mass is 10.0. The Labute approximate surface area is 133 Å². The Bertz CT molecular complexity index is 633. The van der Waals surface area contributed by atoms with Gasteiger partial charge < -0.3 is 10.5 Å². The minimum absolute atomic E-state index is 0.0328. The van der Waals surface area contributed by atoms with Gasteiger partial charge in [0.2, 0.25) is 0 Å². The molecule has 2 N–H and O–H groups in total. The molecule has 0 aromatic heterocycles. The summed E-state index contributed by atoms with van der Waals surface area (Å²) in [5.74, 6) is -2.65. The fraction of sp³-hybridized carbons (Fsp3) is 0.375. The van der Waals surface area contributed by atoms with Crippen LogP contribution in [-0.2, 0) is 14.3 Å². The number of amides is 3. The van der Waals surface area contributed by atoms with Gasteiger partial charge in [-0.3, -0.25) is 19.3 Å². The Balaban J connectivity index is 2.30. The third-order valence-corrected chi connectivity index (χ3v) is 3.46. The first-order valence-corrected chi connectivity index (χ1v) is 7.24. The van der Waals surface area contributed by atoms with E-state index in [0.29, 0.717) is 0 Å². The highest BCUT2D eigenvalue weighted by Crippen LogP contribution is 2.27. The summed E-state index contributed by atoms with van der Waals surface area (Å²) in [5, 5.41) is 0. The SMILES string of the molecule is CC(C)C[C@H](C(=O)OCC(N)=O)N1C(=O)c2ccccc2C1=O. The van der Waals surface area contributed by atoms with Gasteiger partial charge in [-0.1, -0.05) is 26.0 Å². The fourth-order valence-corrected chi connectivity index (χ4v) is 2.48. The number of fused-ring (bicyclic) bond motifs is 1. The Morgan fingerprint density at radius 1 is 1.13 bits per heavy atom. The summed E-state index contributed by atoms with van der Waals surface area (Å²) in [5.41, 5.74) is 5.47. The lowest BCUT2D eigenvalue weighted by Gasteiger charge is -2.25. The van der Waals surface area contributed by atoms with Gasteiger partial charge in [0.1, 0.15) is 6.04 Å². The van der Waals surface area contributed by atoms with Crippen LogP contribution in [0.1, 0.15) is 41.0 Å². The maximum Gasteiger partial charge on any atom is 0.329 e. The number of esters is 1. The molecule has 2 rings (SSSR count). The van der Waals surface area contributed by atoms with Crippen molar-refractivity contribution in [1.29, 1.82) is 0 Å². The molecule has 0 saturated heterocycles. The Morgan fingerprint density at radius 2 is 1.65 bits per heavy atom. The lowest BCUT2D eigenvalue weighted by Crippen LogP contribution is -2.46. The van der Waals surface area contributed by atoms with Gasteiger partial charge in [-0.2, -0.15) is 0 Å². The Kier molecular flexibility index (Phi) is 4.78. The number of hydrogen-bond acceptors (Lipinski definition) is 5. The van der Waals surface area contributed by atoms with Crippen molar-refractivity contribution in [2.45, 2.75) is 26.3 Å². The molecular weight excluding hydrogens is 300 g/mol. The summed E-state index contributed by atoms with van der Waals surface area (Å²) in [6.07, 6.45) is 0.239. The highest BCUT2D eigenvalue weighted by atomic mass is 16.5. The van der Waals surface area contributed by atoms with Gasteiger partial charge in [0.25, 0.3) is 17.7 Å². The number of ether oxygens (including phenoxy) is 1. The van der Waals surface area contributed by atoms with Crippen molar-refractivity contribution in [3.8, 4) is 0 Å². The molecule has 0 fully saturated rings. The van der Waals surface area contributed by atoms with Crippen LogP contribution in [0.25, 0.3) is 0 Å². The molecule has 122 valence electrons. The number of rotatable bonds is 6. The average Bonchev–Trinajstić information content (AvgIpc) is 2.74. The predicted molar refractivity (Wildman–Crippen MR) is 80.3 cm³/mol. The van der Waals surface area contributed by atoms with Crippen molar-refractivity contribution in [3.63, 3.8) is 0 Å². The van der Waals surface area contributed by atoms with Crippen molar-refractivity contribution < 1.29 is 23.9 Å². The van der Waals surface area contributed by atoms with Gasteiger partial charge in [0.05, 0.1) is 11.1 Å². The maximum atomic E-state index is 12.5. The Hall–Kier alpha value is -2.70. The van der Waals surface area contributed by atoms with E-state index >= 15 is 0 Å². The fourth-order valence-electron chi connectivity index (χ4n) is 2.48. The monoisotopic (exact) mass is 318 g/mol. The number of imide groups is 1. The van der Waals surface area contributed by atoms with Crippen LogP contribution < -0.4 is 5.73 Å². The van der Waals surface area contributed by atoms with E-state index < -0.39 is 36.3 Å². The molecule has 1 aromatic carbocycles. The van der Waals surface area contributed by atoms with Crippen molar-refractivity contribution in [1.82, 2.24) is 4.90 Å². The minimum atomic E-state index is -1.08. The molecule has 7 nitrogen and oxygen atoms in total.